The minimum absolute atomic E-state index is 0.0190. The molecule has 7 aromatic carbocycles. The summed E-state index contributed by atoms with van der Waals surface area (Å²) in [5.74, 6) is 2.63. The molecule has 0 radical (unpaired) electrons. The number of ketones is 2. The smallest absolute Gasteiger partial charge is 0.193 e. The largest absolute Gasteiger partial charge is 0.457 e. The van der Waals surface area contributed by atoms with Crippen LogP contribution in [0.25, 0.3) is 11.1 Å². The number of Topliss-reactive ketones (excluding diaryl/α,β-unsaturated/α-hetero) is 1. The van der Waals surface area contributed by atoms with Crippen LogP contribution in [0.1, 0.15) is 55.5 Å². The molecule has 51 heavy (non-hydrogen) atoms. The first-order valence-electron chi connectivity index (χ1n) is 16.7. The van der Waals surface area contributed by atoms with Crippen molar-refractivity contribution in [2.45, 2.75) is 12.3 Å². The topological polar surface area (TPSA) is 52.6 Å². The van der Waals surface area contributed by atoms with Gasteiger partial charge in [0.1, 0.15) is 23.0 Å². The first kappa shape index (κ1) is 32.0. The van der Waals surface area contributed by atoms with Gasteiger partial charge in [0.15, 0.2) is 11.6 Å². The zero-order valence-electron chi connectivity index (χ0n) is 27.7. The molecular formula is C46H31ClO4. The Labute approximate surface area is 301 Å². The van der Waals surface area contributed by atoms with Gasteiger partial charge in [-0.15, -0.1) is 0 Å². The van der Waals surface area contributed by atoms with Crippen molar-refractivity contribution >= 4 is 23.2 Å². The third kappa shape index (κ3) is 5.90. The van der Waals surface area contributed by atoms with Gasteiger partial charge in [-0.2, -0.15) is 0 Å². The molecule has 0 heterocycles. The number of ether oxygens (including phenoxy) is 2. The van der Waals surface area contributed by atoms with Crippen LogP contribution in [0.5, 0.6) is 23.0 Å². The molecule has 7 aromatic rings. The summed E-state index contributed by atoms with van der Waals surface area (Å²) in [6.07, 6.45) is 0. The molecule has 8 rings (SSSR count). The van der Waals surface area contributed by atoms with Gasteiger partial charge in [-0.05, 0) is 137 Å². The van der Waals surface area contributed by atoms with E-state index in [1.54, 1.807) is 55.5 Å². The summed E-state index contributed by atoms with van der Waals surface area (Å²) >= 11 is 5.99. The minimum Gasteiger partial charge on any atom is -0.457 e. The predicted octanol–water partition coefficient (Wildman–Crippen LogP) is 11.7. The highest BCUT2D eigenvalue weighted by Crippen LogP contribution is 2.56. The van der Waals surface area contributed by atoms with Crippen LogP contribution in [-0.2, 0) is 5.41 Å². The van der Waals surface area contributed by atoms with E-state index in [1.807, 2.05) is 48.5 Å². The van der Waals surface area contributed by atoms with Gasteiger partial charge >= 0.3 is 0 Å². The lowest BCUT2D eigenvalue weighted by Gasteiger charge is -2.34. The van der Waals surface area contributed by atoms with Crippen molar-refractivity contribution in [2.75, 3.05) is 0 Å². The average Bonchev–Trinajstić information content (AvgIpc) is 3.47. The normalized spacial score (nSPS) is 12.4. The third-order valence-electron chi connectivity index (χ3n) is 9.48. The van der Waals surface area contributed by atoms with E-state index in [1.165, 1.54) is 22.3 Å². The lowest BCUT2D eigenvalue weighted by Crippen LogP contribution is -2.28. The van der Waals surface area contributed by atoms with Gasteiger partial charge in [-0.3, -0.25) is 9.59 Å². The lowest BCUT2D eigenvalue weighted by molar-refractivity contribution is 0.101. The maximum atomic E-state index is 12.9. The second-order valence-electron chi connectivity index (χ2n) is 12.5. The Morgan fingerprint density at radius 2 is 0.804 bits per heavy atom. The molecule has 0 amide bonds. The Morgan fingerprint density at radius 1 is 0.451 bits per heavy atom. The highest BCUT2D eigenvalue weighted by molar-refractivity contribution is 6.30. The van der Waals surface area contributed by atoms with Crippen LogP contribution in [0.3, 0.4) is 0 Å². The van der Waals surface area contributed by atoms with E-state index in [4.69, 9.17) is 21.1 Å². The summed E-state index contributed by atoms with van der Waals surface area (Å²) < 4.78 is 12.4. The Morgan fingerprint density at radius 3 is 1.22 bits per heavy atom. The van der Waals surface area contributed by atoms with E-state index in [0.717, 1.165) is 11.1 Å². The zero-order chi connectivity index (χ0) is 35.0. The van der Waals surface area contributed by atoms with E-state index in [2.05, 4.69) is 72.8 Å². The van der Waals surface area contributed by atoms with Gasteiger partial charge in [-0.1, -0.05) is 84.4 Å². The van der Waals surface area contributed by atoms with Crippen molar-refractivity contribution in [3.8, 4) is 34.1 Å². The second kappa shape index (κ2) is 13.2. The molecular weight excluding hydrogens is 652 g/mol. The van der Waals surface area contributed by atoms with E-state index in [-0.39, 0.29) is 11.6 Å². The van der Waals surface area contributed by atoms with Crippen molar-refractivity contribution in [3.63, 3.8) is 0 Å². The predicted molar refractivity (Wildman–Crippen MR) is 202 cm³/mol. The highest BCUT2D eigenvalue weighted by atomic mass is 35.5. The van der Waals surface area contributed by atoms with Gasteiger partial charge in [0.2, 0.25) is 0 Å². The molecule has 0 N–H and O–H groups in total. The first-order valence-corrected chi connectivity index (χ1v) is 17.1. The number of rotatable bonds is 9. The number of carbonyl (C=O) groups excluding carboxylic acids is 2. The second-order valence-corrected chi connectivity index (χ2v) is 13.0. The molecule has 0 aromatic heterocycles. The Balaban J connectivity index is 1.12. The fourth-order valence-electron chi connectivity index (χ4n) is 7.04. The lowest BCUT2D eigenvalue weighted by atomic mass is 9.68. The van der Waals surface area contributed by atoms with Crippen LogP contribution < -0.4 is 9.47 Å². The molecule has 0 spiro atoms. The van der Waals surface area contributed by atoms with Crippen LogP contribution in [0.15, 0.2) is 170 Å². The number of benzene rings is 7. The number of halogens is 1. The van der Waals surface area contributed by atoms with E-state index >= 15 is 0 Å². The molecule has 246 valence electrons. The molecule has 0 unspecified atom stereocenters. The van der Waals surface area contributed by atoms with Gasteiger partial charge in [-0.25, -0.2) is 0 Å². The van der Waals surface area contributed by atoms with E-state index in [9.17, 15) is 9.59 Å². The van der Waals surface area contributed by atoms with Crippen LogP contribution >= 0.6 is 11.6 Å². The molecule has 0 atom stereocenters. The quantitative estimate of drug-likeness (QED) is 0.142. The van der Waals surface area contributed by atoms with Crippen LogP contribution in [0.4, 0.5) is 0 Å². The van der Waals surface area contributed by atoms with Crippen LogP contribution in [0.2, 0.25) is 5.02 Å². The summed E-state index contributed by atoms with van der Waals surface area (Å²) in [5, 5.41) is 0.589. The molecule has 5 heteroatoms. The molecule has 4 nitrogen and oxygen atoms in total. The average molecular weight is 683 g/mol. The number of fused-ring (bicyclic) bond motifs is 3. The van der Waals surface area contributed by atoms with E-state index < -0.39 is 5.41 Å². The SMILES string of the molecule is CC(=O)c1ccc(Oc2ccc(C3(c4ccc(Oc5ccc(C(=O)c6ccc(Cl)cc6)cc5)cc4)c4ccccc4-c4ccccc43)cc2)cc1. The summed E-state index contributed by atoms with van der Waals surface area (Å²) in [5.41, 5.74) is 8.23. The maximum absolute atomic E-state index is 12.9. The van der Waals surface area contributed by atoms with Crippen molar-refractivity contribution < 1.29 is 19.1 Å². The Bertz CT molecular complexity index is 2330. The van der Waals surface area contributed by atoms with Gasteiger partial charge in [0, 0.05) is 21.7 Å². The van der Waals surface area contributed by atoms with Crippen molar-refractivity contribution in [1.82, 2.24) is 0 Å². The highest BCUT2D eigenvalue weighted by Gasteiger charge is 2.45. The summed E-state index contributed by atoms with van der Waals surface area (Å²) in [4.78, 5) is 24.7. The van der Waals surface area contributed by atoms with Gasteiger partial charge < -0.3 is 9.47 Å². The molecule has 0 aliphatic heterocycles. The fraction of sp³-hybridized carbons (Fsp3) is 0.0435. The van der Waals surface area contributed by atoms with Crippen LogP contribution in [-0.4, -0.2) is 11.6 Å². The summed E-state index contributed by atoms with van der Waals surface area (Å²) in [6, 6.07) is 54.9. The molecule has 1 aliphatic carbocycles. The van der Waals surface area contributed by atoms with E-state index in [0.29, 0.717) is 44.7 Å². The number of carbonyl (C=O) groups is 2. The monoisotopic (exact) mass is 682 g/mol. The zero-order valence-corrected chi connectivity index (χ0v) is 28.4. The minimum atomic E-state index is -0.586. The molecule has 0 saturated carbocycles. The Hall–Kier alpha value is -6.23. The number of hydrogen-bond donors (Lipinski definition) is 0. The standard InChI is InChI=1S/C46H31ClO4/c1-30(48)31-12-22-37(23-13-31)50-39-26-16-34(17-27-39)46(43-8-4-2-6-41(43)42-7-3-5-9-44(42)46)35-18-28-40(29-19-35)51-38-24-14-33(15-25-38)45(49)32-10-20-36(47)21-11-32/h2-29H,1H3. The van der Waals surface area contributed by atoms with Gasteiger partial charge in [0.05, 0.1) is 5.41 Å². The molecule has 1 aliphatic rings. The summed E-state index contributed by atoms with van der Waals surface area (Å²) in [6.45, 7) is 1.55. The van der Waals surface area contributed by atoms with Gasteiger partial charge in [0.25, 0.3) is 0 Å². The number of hydrogen-bond acceptors (Lipinski definition) is 4. The molecule has 0 fully saturated rings. The third-order valence-corrected chi connectivity index (χ3v) is 9.73. The first-order chi connectivity index (χ1) is 24.9. The summed E-state index contributed by atoms with van der Waals surface area (Å²) in [7, 11) is 0. The maximum Gasteiger partial charge on any atom is 0.193 e. The fourth-order valence-corrected chi connectivity index (χ4v) is 7.17. The molecule has 0 bridgehead atoms. The Kier molecular flexibility index (Phi) is 8.31. The van der Waals surface area contributed by atoms with Crippen molar-refractivity contribution in [1.29, 1.82) is 0 Å². The van der Waals surface area contributed by atoms with Crippen molar-refractivity contribution in [3.05, 3.63) is 214 Å². The molecule has 0 saturated heterocycles. The van der Waals surface area contributed by atoms with Crippen LogP contribution in [0, 0.1) is 0 Å². The van der Waals surface area contributed by atoms with Crippen molar-refractivity contribution in [2.24, 2.45) is 0 Å².